The maximum Gasteiger partial charge on any atom is 0.341 e. The normalized spacial score (nSPS) is 16.5. The molecule has 0 unspecified atom stereocenters. The Labute approximate surface area is 117 Å². The number of nitrogen functional groups attached to an aromatic ring is 1. The third kappa shape index (κ3) is 3.26. The van der Waals surface area contributed by atoms with Crippen molar-refractivity contribution in [3.63, 3.8) is 0 Å². The molecule has 0 radical (unpaired) electrons. The highest BCUT2D eigenvalue weighted by molar-refractivity contribution is 7.16. The van der Waals surface area contributed by atoms with E-state index in [0.717, 1.165) is 44.8 Å². The van der Waals surface area contributed by atoms with E-state index in [4.69, 9.17) is 15.2 Å². The number of carbonyl (C=O) groups excluding carboxylic acids is 1. The number of methoxy groups -OCH3 is 1. The van der Waals surface area contributed by atoms with Crippen LogP contribution < -0.4 is 5.73 Å². The summed E-state index contributed by atoms with van der Waals surface area (Å²) in [7, 11) is 1.38. The molecule has 0 spiro atoms. The lowest BCUT2D eigenvalue weighted by atomic mass is 10.1. The summed E-state index contributed by atoms with van der Waals surface area (Å²) in [4.78, 5) is 15.2. The van der Waals surface area contributed by atoms with Crippen LogP contribution in [0.3, 0.4) is 0 Å². The number of morpholine rings is 1. The lowest BCUT2D eigenvalue weighted by Crippen LogP contribution is -2.37. The molecule has 1 fully saturated rings. The largest absolute Gasteiger partial charge is 0.465 e. The second kappa shape index (κ2) is 6.36. The highest BCUT2D eigenvalue weighted by Gasteiger charge is 2.20. The van der Waals surface area contributed by atoms with E-state index in [1.807, 2.05) is 6.92 Å². The molecule has 19 heavy (non-hydrogen) atoms. The molecular weight excluding hydrogens is 264 g/mol. The monoisotopic (exact) mass is 284 g/mol. The van der Waals surface area contributed by atoms with Crippen molar-refractivity contribution >= 4 is 22.3 Å². The number of anilines is 1. The Morgan fingerprint density at radius 1 is 1.47 bits per heavy atom. The Morgan fingerprint density at radius 2 is 2.16 bits per heavy atom. The first kappa shape index (κ1) is 14.3. The molecule has 0 aromatic carbocycles. The van der Waals surface area contributed by atoms with E-state index >= 15 is 0 Å². The van der Waals surface area contributed by atoms with Crippen molar-refractivity contribution in [3.05, 3.63) is 16.0 Å². The van der Waals surface area contributed by atoms with Gasteiger partial charge in [0.05, 0.1) is 25.9 Å². The van der Waals surface area contributed by atoms with E-state index in [-0.39, 0.29) is 5.97 Å². The first-order valence-electron chi connectivity index (χ1n) is 6.39. The summed E-state index contributed by atoms with van der Waals surface area (Å²) in [6.45, 7) is 6.48. The SMILES string of the molecule is COC(=O)c1c(N)sc(CCN2CCOCC2)c1C. The van der Waals surface area contributed by atoms with Gasteiger partial charge in [-0.15, -0.1) is 11.3 Å². The van der Waals surface area contributed by atoms with Crippen LogP contribution in [-0.4, -0.2) is 50.8 Å². The van der Waals surface area contributed by atoms with Gasteiger partial charge in [0, 0.05) is 24.5 Å². The number of nitrogens with zero attached hydrogens (tertiary/aromatic N) is 1. The van der Waals surface area contributed by atoms with E-state index in [1.54, 1.807) is 0 Å². The predicted molar refractivity (Wildman–Crippen MR) is 75.8 cm³/mol. The third-order valence-electron chi connectivity index (χ3n) is 3.42. The Kier molecular flexibility index (Phi) is 4.79. The summed E-state index contributed by atoms with van der Waals surface area (Å²) >= 11 is 1.49. The minimum Gasteiger partial charge on any atom is -0.465 e. The number of nitrogens with two attached hydrogens (primary N) is 1. The molecule has 1 saturated heterocycles. The highest BCUT2D eigenvalue weighted by atomic mass is 32.1. The summed E-state index contributed by atoms with van der Waals surface area (Å²) in [5, 5.41) is 0.557. The Balaban J connectivity index is 2.02. The summed E-state index contributed by atoms with van der Waals surface area (Å²) in [6, 6.07) is 0. The van der Waals surface area contributed by atoms with Gasteiger partial charge >= 0.3 is 5.97 Å². The smallest absolute Gasteiger partial charge is 0.341 e. The van der Waals surface area contributed by atoms with Crippen molar-refractivity contribution in [2.75, 3.05) is 45.7 Å². The average Bonchev–Trinajstić information content (AvgIpc) is 2.71. The predicted octanol–water partition coefficient (Wildman–Crippen LogP) is 1.30. The first-order chi connectivity index (χ1) is 9.13. The van der Waals surface area contributed by atoms with Gasteiger partial charge in [-0.05, 0) is 18.9 Å². The van der Waals surface area contributed by atoms with Gasteiger partial charge in [0.1, 0.15) is 5.00 Å². The molecule has 1 aliphatic heterocycles. The lowest BCUT2D eigenvalue weighted by Gasteiger charge is -2.26. The number of ether oxygens (including phenoxy) is 2. The summed E-state index contributed by atoms with van der Waals surface area (Å²) < 4.78 is 10.1. The average molecular weight is 284 g/mol. The maximum atomic E-state index is 11.7. The second-order valence-corrected chi connectivity index (χ2v) is 5.72. The molecule has 0 saturated carbocycles. The number of rotatable bonds is 4. The minimum atomic E-state index is -0.344. The van der Waals surface area contributed by atoms with E-state index < -0.39 is 0 Å². The fourth-order valence-corrected chi connectivity index (χ4v) is 3.32. The summed E-state index contributed by atoms with van der Waals surface area (Å²) in [5.41, 5.74) is 7.40. The van der Waals surface area contributed by atoms with E-state index in [0.29, 0.717) is 10.6 Å². The Bertz CT molecular complexity index is 453. The number of hydrogen-bond acceptors (Lipinski definition) is 6. The number of hydrogen-bond donors (Lipinski definition) is 1. The molecule has 2 heterocycles. The Morgan fingerprint density at radius 3 is 2.79 bits per heavy atom. The standard InChI is InChI=1S/C13H20N2O3S/c1-9-10(3-4-15-5-7-18-8-6-15)19-12(14)11(9)13(16)17-2/h3-8,14H2,1-2H3. The molecule has 1 aliphatic rings. The summed E-state index contributed by atoms with van der Waals surface area (Å²) in [6.07, 6.45) is 0.914. The van der Waals surface area contributed by atoms with E-state index in [2.05, 4.69) is 4.90 Å². The summed E-state index contributed by atoms with van der Waals surface area (Å²) in [5.74, 6) is -0.344. The van der Waals surface area contributed by atoms with Crippen LogP contribution in [0.25, 0.3) is 0 Å². The molecule has 1 aromatic rings. The van der Waals surface area contributed by atoms with Crippen molar-refractivity contribution in [1.29, 1.82) is 0 Å². The number of carbonyl (C=O) groups is 1. The van der Waals surface area contributed by atoms with E-state index in [1.165, 1.54) is 23.3 Å². The molecule has 0 bridgehead atoms. The molecule has 6 heteroatoms. The van der Waals surface area contributed by atoms with Crippen LogP contribution in [0.2, 0.25) is 0 Å². The molecule has 2 rings (SSSR count). The zero-order valence-corrected chi connectivity index (χ0v) is 12.2. The van der Waals surface area contributed by atoms with Crippen molar-refractivity contribution in [2.45, 2.75) is 13.3 Å². The van der Waals surface area contributed by atoms with Crippen LogP contribution in [0.4, 0.5) is 5.00 Å². The third-order valence-corrected chi connectivity index (χ3v) is 4.60. The van der Waals surface area contributed by atoms with Crippen molar-refractivity contribution in [3.8, 4) is 0 Å². The van der Waals surface area contributed by atoms with Crippen molar-refractivity contribution in [2.24, 2.45) is 0 Å². The van der Waals surface area contributed by atoms with Gasteiger partial charge in [0.25, 0.3) is 0 Å². The van der Waals surface area contributed by atoms with Gasteiger partial charge in [-0.25, -0.2) is 4.79 Å². The fourth-order valence-electron chi connectivity index (χ4n) is 2.26. The van der Waals surface area contributed by atoms with Crippen LogP contribution in [0.15, 0.2) is 0 Å². The van der Waals surface area contributed by atoms with Crippen molar-refractivity contribution in [1.82, 2.24) is 4.90 Å². The second-order valence-electron chi connectivity index (χ2n) is 4.59. The van der Waals surface area contributed by atoms with Crippen LogP contribution in [0.5, 0.6) is 0 Å². The number of esters is 1. The van der Waals surface area contributed by atoms with Crippen molar-refractivity contribution < 1.29 is 14.3 Å². The lowest BCUT2D eigenvalue weighted by molar-refractivity contribution is 0.0385. The molecule has 5 nitrogen and oxygen atoms in total. The van der Waals surface area contributed by atoms with Crippen LogP contribution in [0, 0.1) is 6.92 Å². The zero-order chi connectivity index (χ0) is 13.8. The molecule has 2 N–H and O–H groups in total. The molecule has 0 aliphatic carbocycles. The zero-order valence-electron chi connectivity index (χ0n) is 11.4. The molecular formula is C13H20N2O3S. The maximum absolute atomic E-state index is 11.7. The van der Waals surface area contributed by atoms with Crippen LogP contribution >= 0.6 is 11.3 Å². The number of thiophene rings is 1. The molecule has 0 atom stereocenters. The molecule has 0 amide bonds. The van der Waals surface area contributed by atoms with Gasteiger partial charge in [0.15, 0.2) is 0 Å². The highest BCUT2D eigenvalue weighted by Crippen LogP contribution is 2.31. The van der Waals surface area contributed by atoms with Gasteiger partial charge in [-0.2, -0.15) is 0 Å². The minimum absolute atomic E-state index is 0.344. The molecule has 106 valence electrons. The van der Waals surface area contributed by atoms with Crippen LogP contribution in [-0.2, 0) is 15.9 Å². The molecule has 1 aromatic heterocycles. The van der Waals surface area contributed by atoms with Gasteiger partial charge in [-0.3, -0.25) is 4.90 Å². The Hall–Kier alpha value is -1.11. The van der Waals surface area contributed by atoms with E-state index in [9.17, 15) is 4.79 Å². The fraction of sp³-hybridized carbons (Fsp3) is 0.615. The first-order valence-corrected chi connectivity index (χ1v) is 7.21. The quantitative estimate of drug-likeness (QED) is 0.844. The topological polar surface area (TPSA) is 64.8 Å². The van der Waals surface area contributed by atoms with Gasteiger partial charge < -0.3 is 15.2 Å². The van der Waals surface area contributed by atoms with Crippen LogP contribution in [0.1, 0.15) is 20.8 Å². The van der Waals surface area contributed by atoms with Gasteiger partial charge in [0.2, 0.25) is 0 Å². The van der Waals surface area contributed by atoms with Gasteiger partial charge in [-0.1, -0.05) is 0 Å².